The highest BCUT2D eigenvalue weighted by atomic mass is 32.2. The van der Waals surface area contributed by atoms with E-state index in [4.69, 9.17) is 4.74 Å². The summed E-state index contributed by atoms with van der Waals surface area (Å²) in [5.74, 6) is 0.322. The van der Waals surface area contributed by atoms with Gasteiger partial charge in [-0.2, -0.15) is 0 Å². The molecule has 32 heavy (non-hydrogen) atoms. The number of carbonyl (C=O) groups excluding carboxylic acids is 1. The highest BCUT2D eigenvalue weighted by molar-refractivity contribution is 7.89. The van der Waals surface area contributed by atoms with Gasteiger partial charge in [-0.3, -0.25) is 4.79 Å². The molecule has 7 nitrogen and oxygen atoms in total. The molecule has 1 heterocycles. The zero-order valence-corrected chi connectivity index (χ0v) is 20.8. The van der Waals surface area contributed by atoms with Crippen molar-refractivity contribution in [1.82, 2.24) is 14.5 Å². The van der Waals surface area contributed by atoms with Crippen LogP contribution in [0.25, 0.3) is 0 Å². The first kappa shape index (κ1) is 26.8. The van der Waals surface area contributed by atoms with Crippen LogP contribution in [0, 0.1) is 0 Å². The quantitative estimate of drug-likeness (QED) is 0.426. The Morgan fingerprint density at radius 2 is 1.91 bits per heavy atom. The van der Waals surface area contributed by atoms with Crippen molar-refractivity contribution in [1.29, 1.82) is 0 Å². The van der Waals surface area contributed by atoms with E-state index in [-0.39, 0.29) is 11.4 Å². The molecule has 1 aliphatic rings. The molecule has 1 aliphatic heterocycles. The fourth-order valence-electron chi connectivity index (χ4n) is 4.22. The minimum atomic E-state index is -3.50. The molecule has 2 rings (SSSR count). The number of likely N-dealkylation sites (tertiary alicyclic amines) is 1. The normalized spacial score (nSPS) is 16.4. The third-order valence-electron chi connectivity index (χ3n) is 6.19. The number of methoxy groups -OCH3 is 1. The SMILES string of the molecule is CCN(CCCCN1CCCCCC1=O)C(C)Cc1ccc(S(=O)(=O)NCCOC)cc1. The Balaban J connectivity index is 1.79. The maximum Gasteiger partial charge on any atom is 0.240 e. The zero-order chi connectivity index (χ0) is 23.4. The van der Waals surface area contributed by atoms with Gasteiger partial charge >= 0.3 is 0 Å². The van der Waals surface area contributed by atoms with Gasteiger partial charge in [0.05, 0.1) is 11.5 Å². The van der Waals surface area contributed by atoms with Gasteiger partial charge in [-0.05, 0) is 69.8 Å². The molecular formula is C24H41N3O4S. The van der Waals surface area contributed by atoms with Gasteiger partial charge in [-0.25, -0.2) is 13.1 Å². The van der Waals surface area contributed by atoms with E-state index >= 15 is 0 Å². The smallest absolute Gasteiger partial charge is 0.240 e. The second kappa shape index (κ2) is 13.9. The molecule has 1 saturated heterocycles. The molecule has 8 heteroatoms. The molecule has 0 aliphatic carbocycles. The van der Waals surface area contributed by atoms with E-state index < -0.39 is 10.0 Å². The van der Waals surface area contributed by atoms with Crippen LogP contribution in [-0.4, -0.2) is 76.6 Å². The van der Waals surface area contributed by atoms with Crippen LogP contribution in [0.4, 0.5) is 0 Å². The molecule has 1 fully saturated rings. The first-order chi connectivity index (χ1) is 15.4. The number of nitrogens with one attached hydrogen (secondary N) is 1. The average molecular weight is 468 g/mol. The highest BCUT2D eigenvalue weighted by Crippen LogP contribution is 2.15. The van der Waals surface area contributed by atoms with Gasteiger partial charge in [0.25, 0.3) is 0 Å². The number of hydrogen-bond acceptors (Lipinski definition) is 5. The number of nitrogens with zero attached hydrogens (tertiary/aromatic N) is 2. The summed E-state index contributed by atoms with van der Waals surface area (Å²) in [4.78, 5) is 16.9. The van der Waals surface area contributed by atoms with E-state index in [0.717, 1.165) is 63.8 Å². The number of hydrogen-bond donors (Lipinski definition) is 1. The lowest BCUT2D eigenvalue weighted by Gasteiger charge is -2.28. The lowest BCUT2D eigenvalue weighted by Crippen LogP contribution is -2.36. The Labute approximate surface area is 194 Å². The van der Waals surface area contributed by atoms with Crippen LogP contribution in [0.5, 0.6) is 0 Å². The fraction of sp³-hybridized carbons (Fsp3) is 0.708. The predicted molar refractivity (Wildman–Crippen MR) is 128 cm³/mol. The van der Waals surface area contributed by atoms with Crippen molar-refractivity contribution in [2.24, 2.45) is 0 Å². The van der Waals surface area contributed by atoms with E-state index in [1.165, 1.54) is 6.42 Å². The number of sulfonamides is 1. The largest absolute Gasteiger partial charge is 0.383 e. The molecule has 1 atom stereocenters. The van der Waals surface area contributed by atoms with Crippen molar-refractivity contribution < 1.29 is 17.9 Å². The summed E-state index contributed by atoms with van der Waals surface area (Å²) in [5, 5.41) is 0. The molecular weight excluding hydrogens is 426 g/mol. The van der Waals surface area contributed by atoms with Crippen molar-refractivity contribution in [2.75, 3.05) is 46.4 Å². The summed E-state index contributed by atoms with van der Waals surface area (Å²) >= 11 is 0. The molecule has 182 valence electrons. The lowest BCUT2D eigenvalue weighted by atomic mass is 10.1. The topological polar surface area (TPSA) is 79.0 Å². The summed E-state index contributed by atoms with van der Waals surface area (Å²) in [6.45, 7) is 8.77. The maximum absolute atomic E-state index is 12.3. The number of likely N-dealkylation sites (N-methyl/N-ethyl adjacent to an activating group) is 1. The fourth-order valence-corrected chi connectivity index (χ4v) is 5.23. The number of carbonyl (C=O) groups is 1. The number of benzene rings is 1. The van der Waals surface area contributed by atoms with Crippen LogP contribution < -0.4 is 4.72 Å². The van der Waals surface area contributed by atoms with Crippen LogP contribution in [0.15, 0.2) is 29.2 Å². The minimum absolute atomic E-state index is 0.259. The Hall–Kier alpha value is -1.48. The van der Waals surface area contributed by atoms with Crippen LogP contribution in [0.2, 0.25) is 0 Å². The first-order valence-electron chi connectivity index (χ1n) is 12.0. The molecule has 0 radical (unpaired) electrons. The van der Waals surface area contributed by atoms with Crippen molar-refractivity contribution in [3.8, 4) is 0 Å². The van der Waals surface area contributed by atoms with Gasteiger partial charge < -0.3 is 14.5 Å². The van der Waals surface area contributed by atoms with Crippen LogP contribution in [0.1, 0.15) is 57.9 Å². The monoisotopic (exact) mass is 467 g/mol. The number of rotatable bonds is 14. The summed E-state index contributed by atoms with van der Waals surface area (Å²) in [5.41, 5.74) is 1.13. The Kier molecular flexibility index (Phi) is 11.7. The van der Waals surface area contributed by atoms with Gasteiger partial charge in [0.2, 0.25) is 15.9 Å². The van der Waals surface area contributed by atoms with E-state index in [9.17, 15) is 13.2 Å². The molecule has 0 aromatic heterocycles. The number of amides is 1. The van der Waals surface area contributed by atoms with Crippen LogP contribution in [0.3, 0.4) is 0 Å². The van der Waals surface area contributed by atoms with Crippen molar-refractivity contribution in [3.63, 3.8) is 0 Å². The standard InChI is InChI=1S/C24H41N3O4S/c1-4-26(16-8-9-18-27-17-7-5-6-10-24(27)28)21(2)20-22-11-13-23(14-12-22)32(29,30)25-15-19-31-3/h11-14,21,25H,4-10,15-20H2,1-3H3. The highest BCUT2D eigenvalue weighted by Gasteiger charge is 2.17. The number of ether oxygens (including phenoxy) is 1. The van der Waals surface area contributed by atoms with Gasteiger partial charge in [0.1, 0.15) is 0 Å². The summed E-state index contributed by atoms with van der Waals surface area (Å²) in [6.07, 6.45) is 7.03. The number of unbranched alkanes of at least 4 members (excludes halogenated alkanes) is 1. The Morgan fingerprint density at radius 1 is 1.16 bits per heavy atom. The van der Waals surface area contributed by atoms with E-state index in [0.29, 0.717) is 25.0 Å². The molecule has 0 bridgehead atoms. The molecule has 1 amide bonds. The van der Waals surface area contributed by atoms with Crippen molar-refractivity contribution in [2.45, 2.75) is 69.7 Å². The lowest BCUT2D eigenvalue weighted by molar-refractivity contribution is -0.130. The van der Waals surface area contributed by atoms with Gasteiger partial charge in [-0.15, -0.1) is 0 Å². The Morgan fingerprint density at radius 3 is 2.59 bits per heavy atom. The Bertz CT molecular complexity index is 783. The summed E-state index contributed by atoms with van der Waals surface area (Å²) in [7, 11) is -1.96. The second-order valence-corrected chi connectivity index (χ2v) is 10.4. The van der Waals surface area contributed by atoms with E-state index in [2.05, 4.69) is 23.5 Å². The molecule has 0 spiro atoms. The predicted octanol–water partition coefficient (Wildman–Crippen LogP) is 3.05. The van der Waals surface area contributed by atoms with Crippen molar-refractivity contribution in [3.05, 3.63) is 29.8 Å². The zero-order valence-electron chi connectivity index (χ0n) is 20.0. The minimum Gasteiger partial charge on any atom is -0.383 e. The van der Waals surface area contributed by atoms with Gasteiger partial charge in [-0.1, -0.05) is 25.5 Å². The average Bonchev–Trinajstić information content (AvgIpc) is 2.98. The molecule has 1 unspecified atom stereocenters. The third kappa shape index (κ3) is 8.81. The summed E-state index contributed by atoms with van der Waals surface area (Å²) in [6, 6.07) is 7.51. The third-order valence-corrected chi connectivity index (χ3v) is 7.66. The van der Waals surface area contributed by atoms with E-state index in [1.54, 1.807) is 19.2 Å². The molecule has 1 N–H and O–H groups in total. The first-order valence-corrected chi connectivity index (χ1v) is 13.4. The van der Waals surface area contributed by atoms with Crippen molar-refractivity contribution >= 4 is 15.9 Å². The van der Waals surface area contributed by atoms with E-state index in [1.807, 2.05) is 17.0 Å². The molecule has 0 saturated carbocycles. The van der Waals surface area contributed by atoms with Crippen LogP contribution >= 0.6 is 0 Å². The second-order valence-electron chi connectivity index (χ2n) is 8.61. The summed E-state index contributed by atoms with van der Waals surface area (Å²) < 4.78 is 32.0. The molecule has 1 aromatic carbocycles. The van der Waals surface area contributed by atoms with Gasteiger partial charge in [0, 0.05) is 39.2 Å². The molecule has 1 aromatic rings. The maximum atomic E-state index is 12.3. The van der Waals surface area contributed by atoms with Gasteiger partial charge in [0.15, 0.2) is 0 Å². The van der Waals surface area contributed by atoms with Crippen LogP contribution in [-0.2, 0) is 26.0 Å².